The van der Waals surface area contributed by atoms with Crippen molar-refractivity contribution in [1.29, 1.82) is 0 Å². The van der Waals surface area contributed by atoms with Crippen molar-refractivity contribution in [2.75, 3.05) is 0 Å². The second-order valence-electron chi connectivity index (χ2n) is 4.25. The first-order valence-electron chi connectivity index (χ1n) is 5.76. The number of carbonyl (C=O) groups excluding carboxylic acids is 1. The number of aryl methyl sites for hydroxylation is 1. The molecule has 96 valence electrons. The number of fused-ring (bicyclic) bond motifs is 1. The van der Waals surface area contributed by atoms with E-state index in [1.165, 1.54) is 11.3 Å². The second-order valence-corrected chi connectivity index (χ2v) is 5.60. The minimum atomic E-state index is -0.0818. The first-order valence-corrected chi connectivity index (χ1v) is 7.01. The van der Waals surface area contributed by atoms with E-state index in [9.17, 15) is 4.79 Å². The van der Waals surface area contributed by atoms with E-state index in [4.69, 9.17) is 16.0 Å². The summed E-state index contributed by atoms with van der Waals surface area (Å²) >= 11 is 7.51. The molecule has 0 bridgehead atoms. The monoisotopic (exact) mass is 291 g/mol. The van der Waals surface area contributed by atoms with Gasteiger partial charge in [-0.05, 0) is 19.1 Å². The highest BCUT2D eigenvalue weighted by Gasteiger charge is 2.15. The molecule has 0 spiro atoms. The maximum absolute atomic E-state index is 12.1. The number of para-hydroxylation sites is 1. The molecule has 0 aliphatic heterocycles. The molecule has 0 amide bonds. The Bertz CT molecular complexity index is 760. The first kappa shape index (κ1) is 12.4. The molecule has 3 rings (SSSR count). The fourth-order valence-electron chi connectivity index (χ4n) is 1.87. The van der Waals surface area contributed by atoms with Crippen LogP contribution in [0.3, 0.4) is 0 Å². The van der Waals surface area contributed by atoms with Crippen LogP contribution in [0.25, 0.3) is 11.0 Å². The average Bonchev–Trinajstić information content (AvgIpc) is 2.96. The van der Waals surface area contributed by atoms with Crippen molar-refractivity contribution >= 4 is 39.7 Å². The number of benzene rings is 1. The largest absolute Gasteiger partial charge is 0.451 e. The molecule has 19 heavy (non-hydrogen) atoms. The van der Waals surface area contributed by atoms with Crippen LogP contribution in [0.5, 0.6) is 0 Å². The molecule has 0 saturated carbocycles. The van der Waals surface area contributed by atoms with Crippen molar-refractivity contribution in [3.63, 3.8) is 0 Å². The van der Waals surface area contributed by atoms with Gasteiger partial charge in [0.15, 0.2) is 11.3 Å². The van der Waals surface area contributed by atoms with E-state index < -0.39 is 0 Å². The van der Waals surface area contributed by atoms with E-state index in [2.05, 4.69) is 4.98 Å². The van der Waals surface area contributed by atoms with Crippen molar-refractivity contribution in [2.24, 2.45) is 0 Å². The van der Waals surface area contributed by atoms with Gasteiger partial charge in [0.1, 0.15) is 5.01 Å². The molecule has 1 aromatic carbocycles. The number of hydrogen-bond acceptors (Lipinski definition) is 4. The zero-order chi connectivity index (χ0) is 13.4. The van der Waals surface area contributed by atoms with Gasteiger partial charge in [-0.2, -0.15) is 0 Å². The molecular formula is C14H10ClNO2S. The molecule has 0 aliphatic carbocycles. The highest BCUT2D eigenvalue weighted by Crippen LogP contribution is 2.27. The molecule has 0 radical (unpaired) electrons. The standard InChI is InChI=1S/C14H10ClNO2S/c1-8-7-19-13(16-8)6-11(17)12-5-9-3-2-4-10(15)14(9)18-12/h2-5,7H,6H2,1H3. The Labute approximate surface area is 118 Å². The van der Waals surface area contributed by atoms with E-state index in [1.807, 2.05) is 24.4 Å². The summed E-state index contributed by atoms with van der Waals surface area (Å²) < 4.78 is 5.53. The van der Waals surface area contributed by atoms with Gasteiger partial charge in [0.2, 0.25) is 5.78 Å². The van der Waals surface area contributed by atoms with Crippen LogP contribution in [0.1, 0.15) is 21.3 Å². The molecule has 0 atom stereocenters. The third-order valence-corrected chi connectivity index (χ3v) is 4.01. The molecule has 0 N–H and O–H groups in total. The van der Waals surface area contributed by atoms with E-state index in [-0.39, 0.29) is 12.2 Å². The van der Waals surface area contributed by atoms with E-state index in [0.29, 0.717) is 16.4 Å². The molecule has 2 aromatic heterocycles. The normalized spacial score (nSPS) is 11.1. The molecular weight excluding hydrogens is 282 g/mol. The molecule has 3 nitrogen and oxygen atoms in total. The lowest BCUT2D eigenvalue weighted by atomic mass is 10.2. The summed E-state index contributed by atoms with van der Waals surface area (Å²) in [5.74, 6) is 0.248. The smallest absolute Gasteiger partial charge is 0.204 e. The maximum Gasteiger partial charge on any atom is 0.204 e. The van der Waals surface area contributed by atoms with Gasteiger partial charge in [-0.15, -0.1) is 11.3 Å². The number of halogens is 1. The molecule has 0 fully saturated rings. The van der Waals surface area contributed by atoms with Crippen molar-refractivity contribution in [3.05, 3.63) is 51.1 Å². The lowest BCUT2D eigenvalue weighted by Crippen LogP contribution is -2.01. The lowest BCUT2D eigenvalue weighted by molar-refractivity contribution is 0.0968. The summed E-state index contributed by atoms with van der Waals surface area (Å²) in [5.41, 5.74) is 1.49. The lowest BCUT2D eigenvalue weighted by Gasteiger charge is -1.93. The van der Waals surface area contributed by atoms with Gasteiger partial charge in [-0.1, -0.05) is 23.7 Å². The van der Waals surface area contributed by atoms with Crippen LogP contribution < -0.4 is 0 Å². The van der Waals surface area contributed by atoms with Gasteiger partial charge >= 0.3 is 0 Å². The summed E-state index contributed by atoms with van der Waals surface area (Å²) in [6.45, 7) is 1.91. The first-order chi connectivity index (χ1) is 9.13. The van der Waals surface area contributed by atoms with Crippen LogP contribution in [-0.4, -0.2) is 10.8 Å². The van der Waals surface area contributed by atoms with Crippen molar-refractivity contribution in [3.8, 4) is 0 Å². The predicted molar refractivity (Wildman–Crippen MR) is 76.1 cm³/mol. The van der Waals surface area contributed by atoms with Crippen LogP contribution in [0.2, 0.25) is 5.02 Å². The third-order valence-electron chi connectivity index (χ3n) is 2.75. The Kier molecular flexibility index (Phi) is 3.12. The van der Waals surface area contributed by atoms with E-state index in [1.54, 1.807) is 12.1 Å². The Hall–Kier alpha value is -1.65. The maximum atomic E-state index is 12.1. The fraction of sp³-hybridized carbons (Fsp3) is 0.143. The van der Waals surface area contributed by atoms with Crippen LogP contribution in [0.15, 0.2) is 34.1 Å². The summed E-state index contributed by atoms with van der Waals surface area (Å²) in [7, 11) is 0. The number of carbonyl (C=O) groups is 1. The van der Waals surface area contributed by atoms with Gasteiger partial charge in [-0.3, -0.25) is 4.79 Å². The van der Waals surface area contributed by atoms with E-state index >= 15 is 0 Å². The van der Waals surface area contributed by atoms with Gasteiger partial charge in [0, 0.05) is 16.5 Å². The summed E-state index contributed by atoms with van der Waals surface area (Å²) in [6, 6.07) is 7.17. The number of hydrogen-bond donors (Lipinski definition) is 0. The summed E-state index contributed by atoms with van der Waals surface area (Å²) in [6.07, 6.45) is 0.260. The van der Waals surface area contributed by atoms with Crippen LogP contribution in [0, 0.1) is 6.92 Å². The number of Topliss-reactive ketones (excluding diaryl/α,β-unsaturated/α-hetero) is 1. The SMILES string of the molecule is Cc1csc(CC(=O)c2cc3cccc(Cl)c3o2)n1. The number of thiazole rings is 1. The molecule has 5 heteroatoms. The summed E-state index contributed by atoms with van der Waals surface area (Å²) in [4.78, 5) is 16.4. The number of nitrogens with zero attached hydrogens (tertiary/aromatic N) is 1. The molecule has 3 aromatic rings. The zero-order valence-corrected chi connectivity index (χ0v) is 11.7. The topological polar surface area (TPSA) is 43.1 Å². The van der Waals surface area contributed by atoms with E-state index in [0.717, 1.165) is 16.1 Å². The Balaban J connectivity index is 1.91. The second kappa shape index (κ2) is 4.79. The van der Waals surface area contributed by atoms with Crippen molar-refractivity contribution < 1.29 is 9.21 Å². The Morgan fingerprint density at radius 1 is 1.47 bits per heavy atom. The van der Waals surface area contributed by atoms with Gasteiger partial charge in [-0.25, -0.2) is 4.98 Å². The predicted octanol–water partition coefficient (Wildman–Crippen LogP) is 4.28. The molecule has 2 heterocycles. The minimum absolute atomic E-state index is 0.0818. The zero-order valence-electron chi connectivity index (χ0n) is 10.1. The number of rotatable bonds is 3. The van der Waals surface area contributed by atoms with Gasteiger partial charge in [0.25, 0.3) is 0 Å². The Morgan fingerprint density at radius 3 is 3.00 bits per heavy atom. The molecule has 0 saturated heterocycles. The molecule has 0 aliphatic rings. The van der Waals surface area contributed by atoms with Gasteiger partial charge < -0.3 is 4.42 Å². The van der Waals surface area contributed by atoms with Crippen molar-refractivity contribution in [2.45, 2.75) is 13.3 Å². The fourth-order valence-corrected chi connectivity index (χ4v) is 2.86. The average molecular weight is 292 g/mol. The minimum Gasteiger partial charge on any atom is -0.451 e. The van der Waals surface area contributed by atoms with Crippen LogP contribution in [-0.2, 0) is 6.42 Å². The highest BCUT2D eigenvalue weighted by molar-refractivity contribution is 7.09. The highest BCUT2D eigenvalue weighted by atomic mass is 35.5. The van der Waals surface area contributed by atoms with Crippen molar-refractivity contribution in [1.82, 2.24) is 4.98 Å². The van der Waals surface area contributed by atoms with Crippen LogP contribution in [0.4, 0.5) is 0 Å². The Morgan fingerprint density at radius 2 is 2.32 bits per heavy atom. The number of ketones is 1. The van der Waals surface area contributed by atoms with Crippen LogP contribution >= 0.6 is 22.9 Å². The quantitative estimate of drug-likeness (QED) is 0.677. The third kappa shape index (κ3) is 2.41. The molecule has 0 unspecified atom stereocenters. The number of aromatic nitrogens is 1. The van der Waals surface area contributed by atoms with Gasteiger partial charge in [0.05, 0.1) is 11.4 Å². The summed E-state index contributed by atoms with van der Waals surface area (Å²) in [5, 5.41) is 4.08. The number of furan rings is 1.